The van der Waals surface area contributed by atoms with E-state index < -0.39 is 23.9 Å². The van der Waals surface area contributed by atoms with Crippen molar-refractivity contribution in [3.8, 4) is 5.75 Å². The van der Waals surface area contributed by atoms with Crippen molar-refractivity contribution in [1.82, 2.24) is 5.32 Å². The van der Waals surface area contributed by atoms with Gasteiger partial charge < -0.3 is 29.7 Å². The quantitative estimate of drug-likeness (QED) is 0.711. The summed E-state index contributed by atoms with van der Waals surface area (Å²) in [5, 5.41) is 24.5. The van der Waals surface area contributed by atoms with E-state index in [0.29, 0.717) is 31.8 Å². The maximum absolute atomic E-state index is 12.4. The number of hydrogen-bond donors (Lipinski definition) is 3. The highest BCUT2D eigenvalue weighted by Gasteiger charge is 2.47. The first-order valence-corrected chi connectivity index (χ1v) is 9.48. The predicted octanol–water partition coefficient (Wildman–Crippen LogP) is 1.18. The van der Waals surface area contributed by atoms with E-state index in [-0.39, 0.29) is 24.8 Å². The first-order valence-electron chi connectivity index (χ1n) is 9.48. The van der Waals surface area contributed by atoms with Gasteiger partial charge in [0.05, 0.1) is 19.3 Å². The Kier molecular flexibility index (Phi) is 6.37. The van der Waals surface area contributed by atoms with Crippen LogP contribution in [0.2, 0.25) is 0 Å². The highest BCUT2D eigenvalue weighted by molar-refractivity contribution is 5.78. The lowest BCUT2D eigenvalue weighted by atomic mass is 9.82. The molecular weight excluding hydrogens is 350 g/mol. The van der Waals surface area contributed by atoms with Crippen LogP contribution in [0, 0.1) is 5.92 Å². The number of benzene rings is 1. The van der Waals surface area contributed by atoms with Gasteiger partial charge in [-0.1, -0.05) is 12.1 Å². The Morgan fingerprint density at radius 2 is 2.11 bits per heavy atom. The van der Waals surface area contributed by atoms with E-state index in [4.69, 9.17) is 14.2 Å². The van der Waals surface area contributed by atoms with Gasteiger partial charge in [-0.3, -0.25) is 4.79 Å². The van der Waals surface area contributed by atoms with Crippen LogP contribution in [-0.2, 0) is 14.3 Å². The normalized spacial score (nSPS) is 32.1. The van der Waals surface area contributed by atoms with Gasteiger partial charge in [0.15, 0.2) is 0 Å². The third-order valence-corrected chi connectivity index (χ3v) is 5.54. The average molecular weight is 379 g/mol. The summed E-state index contributed by atoms with van der Waals surface area (Å²) in [7, 11) is 1.59. The molecule has 0 aliphatic carbocycles. The Morgan fingerprint density at radius 3 is 2.81 bits per heavy atom. The number of rotatable bonds is 5. The number of carbonyl (C=O) groups excluding carboxylic acids is 1. The van der Waals surface area contributed by atoms with E-state index in [1.54, 1.807) is 14.0 Å². The third-order valence-electron chi connectivity index (χ3n) is 5.54. The largest absolute Gasteiger partial charge is 0.497 e. The van der Waals surface area contributed by atoms with Gasteiger partial charge in [-0.2, -0.15) is 0 Å². The molecule has 7 nitrogen and oxygen atoms in total. The number of nitrogens with one attached hydrogen (secondary N) is 1. The van der Waals surface area contributed by atoms with Gasteiger partial charge in [0.1, 0.15) is 17.5 Å². The van der Waals surface area contributed by atoms with Crippen LogP contribution in [-0.4, -0.2) is 60.8 Å². The second-order valence-corrected chi connectivity index (χ2v) is 7.46. The van der Waals surface area contributed by atoms with Crippen molar-refractivity contribution in [3.05, 3.63) is 29.8 Å². The minimum atomic E-state index is -1.47. The molecule has 3 rings (SSSR count). The molecule has 2 saturated heterocycles. The van der Waals surface area contributed by atoms with Crippen molar-refractivity contribution in [2.24, 2.45) is 5.92 Å². The fraction of sp³-hybridized carbons (Fsp3) is 0.650. The van der Waals surface area contributed by atoms with E-state index in [2.05, 4.69) is 5.32 Å². The van der Waals surface area contributed by atoms with Gasteiger partial charge in [0.25, 0.3) is 0 Å². The lowest BCUT2D eigenvalue weighted by Gasteiger charge is -2.44. The number of amides is 1. The highest BCUT2D eigenvalue weighted by atomic mass is 16.5. The van der Waals surface area contributed by atoms with E-state index in [1.807, 2.05) is 24.3 Å². The molecule has 0 saturated carbocycles. The van der Waals surface area contributed by atoms with Gasteiger partial charge >= 0.3 is 0 Å². The molecule has 150 valence electrons. The molecule has 0 unspecified atom stereocenters. The minimum Gasteiger partial charge on any atom is -0.497 e. The fourth-order valence-corrected chi connectivity index (χ4v) is 3.82. The summed E-state index contributed by atoms with van der Waals surface area (Å²) in [6.07, 6.45) is -0.519. The van der Waals surface area contributed by atoms with E-state index >= 15 is 0 Å². The molecule has 3 N–H and O–H groups in total. The molecule has 27 heavy (non-hydrogen) atoms. The molecule has 0 radical (unpaired) electrons. The van der Waals surface area contributed by atoms with Crippen LogP contribution < -0.4 is 10.1 Å². The van der Waals surface area contributed by atoms with Crippen LogP contribution in [0.4, 0.5) is 0 Å². The number of ether oxygens (including phenoxy) is 3. The SMILES string of the molecule is COc1cccc([C@H]2C[C@@](O)(CNC(=O)C3CCOCC3)[C@H](O)[C@@H](C)O2)c1. The average Bonchev–Trinajstić information content (AvgIpc) is 2.70. The Hall–Kier alpha value is -1.67. The Bertz CT molecular complexity index is 647. The summed E-state index contributed by atoms with van der Waals surface area (Å²) in [6, 6.07) is 7.46. The summed E-state index contributed by atoms with van der Waals surface area (Å²) >= 11 is 0. The van der Waals surface area contributed by atoms with Crippen LogP contribution in [0.3, 0.4) is 0 Å². The van der Waals surface area contributed by atoms with Crippen molar-refractivity contribution in [1.29, 1.82) is 0 Å². The number of aliphatic hydroxyl groups is 2. The summed E-state index contributed by atoms with van der Waals surface area (Å²) in [6.45, 7) is 2.86. The zero-order valence-corrected chi connectivity index (χ0v) is 15.9. The van der Waals surface area contributed by atoms with Crippen LogP contribution in [0.5, 0.6) is 5.75 Å². The molecule has 0 bridgehead atoms. The standard InChI is InChI=1S/C20H29NO6/c1-13-18(22)20(24,12-21-19(23)14-6-8-26-9-7-14)11-17(27-13)15-4-3-5-16(10-15)25-2/h3-5,10,13-14,17-18,22,24H,6-9,11-12H2,1-2H3,(H,21,23)/t13-,17-,18-,20-/m1/s1. The van der Waals surface area contributed by atoms with Gasteiger partial charge in [0, 0.05) is 32.1 Å². The first kappa shape index (κ1) is 20.1. The first-order chi connectivity index (χ1) is 12.9. The molecule has 1 aromatic rings. The van der Waals surface area contributed by atoms with Crippen molar-refractivity contribution in [2.45, 2.75) is 50.1 Å². The van der Waals surface area contributed by atoms with Crippen LogP contribution in [0.15, 0.2) is 24.3 Å². The van der Waals surface area contributed by atoms with Gasteiger partial charge in [-0.25, -0.2) is 0 Å². The smallest absolute Gasteiger partial charge is 0.223 e. The van der Waals surface area contributed by atoms with Gasteiger partial charge in [0.2, 0.25) is 5.91 Å². The number of carbonyl (C=O) groups is 1. The summed E-state index contributed by atoms with van der Waals surface area (Å²) in [5.74, 6) is 0.494. The molecule has 1 amide bonds. The summed E-state index contributed by atoms with van der Waals surface area (Å²) < 4.78 is 16.4. The van der Waals surface area contributed by atoms with Crippen molar-refractivity contribution in [3.63, 3.8) is 0 Å². The second kappa shape index (κ2) is 8.56. The Balaban J connectivity index is 1.68. The minimum absolute atomic E-state index is 0.0154. The maximum Gasteiger partial charge on any atom is 0.223 e. The van der Waals surface area contributed by atoms with Crippen molar-refractivity contribution < 1.29 is 29.2 Å². The highest BCUT2D eigenvalue weighted by Crippen LogP contribution is 2.38. The Labute approximate surface area is 159 Å². The number of methoxy groups -OCH3 is 1. The molecule has 2 heterocycles. The maximum atomic E-state index is 12.4. The van der Waals surface area contributed by atoms with E-state index in [1.165, 1.54) is 0 Å². The molecule has 4 atom stereocenters. The van der Waals surface area contributed by atoms with Gasteiger partial charge in [-0.05, 0) is 37.5 Å². The second-order valence-electron chi connectivity index (χ2n) is 7.46. The number of aliphatic hydroxyl groups excluding tert-OH is 1. The van der Waals surface area contributed by atoms with Crippen molar-refractivity contribution in [2.75, 3.05) is 26.9 Å². The molecule has 2 aliphatic rings. The molecular formula is C20H29NO6. The zero-order chi connectivity index (χ0) is 19.4. The van der Waals surface area contributed by atoms with Crippen LogP contribution >= 0.6 is 0 Å². The lowest BCUT2D eigenvalue weighted by Crippen LogP contribution is -2.60. The molecule has 1 aromatic carbocycles. The molecule has 0 spiro atoms. The topological polar surface area (TPSA) is 97.3 Å². The van der Waals surface area contributed by atoms with Crippen molar-refractivity contribution >= 4 is 5.91 Å². The zero-order valence-electron chi connectivity index (χ0n) is 15.9. The number of hydrogen-bond acceptors (Lipinski definition) is 6. The van der Waals surface area contributed by atoms with E-state index in [9.17, 15) is 15.0 Å². The van der Waals surface area contributed by atoms with Gasteiger partial charge in [-0.15, -0.1) is 0 Å². The third kappa shape index (κ3) is 4.60. The summed E-state index contributed by atoms with van der Waals surface area (Å²) in [4.78, 5) is 12.4. The summed E-state index contributed by atoms with van der Waals surface area (Å²) in [5.41, 5.74) is -0.603. The monoisotopic (exact) mass is 379 g/mol. The molecule has 2 fully saturated rings. The molecule has 0 aromatic heterocycles. The lowest BCUT2D eigenvalue weighted by molar-refractivity contribution is -0.211. The fourth-order valence-electron chi connectivity index (χ4n) is 3.82. The van der Waals surface area contributed by atoms with Crippen LogP contribution in [0.1, 0.15) is 37.9 Å². The predicted molar refractivity (Wildman–Crippen MR) is 98.4 cm³/mol. The Morgan fingerprint density at radius 1 is 1.37 bits per heavy atom. The molecule has 2 aliphatic heterocycles. The molecule has 7 heteroatoms. The van der Waals surface area contributed by atoms with Crippen LogP contribution in [0.25, 0.3) is 0 Å². The van der Waals surface area contributed by atoms with E-state index in [0.717, 1.165) is 5.56 Å².